The third-order valence-electron chi connectivity index (χ3n) is 5.87. The van der Waals surface area contributed by atoms with Crippen molar-refractivity contribution in [3.05, 3.63) is 60.3 Å². The predicted octanol–water partition coefficient (Wildman–Crippen LogP) is 4.39. The molecule has 28 heavy (non-hydrogen) atoms. The summed E-state index contributed by atoms with van der Waals surface area (Å²) in [5.41, 5.74) is 3.93. The van der Waals surface area contributed by atoms with Crippen LogP contribution in [-0.4, -0.2) is 39.6 Å². The summed E-state index contributed by atoms with van der Waals surface area (Å²) in [6.07, 6.45) is 3.86. The predicted molar refractivity (Wildman–Crippen MR) is 113 cm³/mol. The molecule has 0 radical (unpaired) electrons. The fraction of sp³-hybridized carbons (Fsp3) is 0.375. The number of H-pyrrole nitrogens is 1. The lowest BCUT2D eigenvalue weighted by Crippen LogP contribution is -2.48. The van der Waals surface area contributed by atoms with E-state index >= 15 is 0 Å². The molecule has 4 rings (SSSR count). The second-order valence-electron chi connectivity index (χ2n) is 8.36. The molecule has 0 unspecified atom stereocenters. The lowest BCUT2D eigenvalue weighted by Gasteiger charge is -2.39. The summed E-state index contributed by atoms with van der Waals surface area (Å²) in [6, 6.07) is 17.0. The summed E-state index contributed by atoms with van der Waals surface area (Å²) in [5.74, 6) is 0.204. The average Bonchev–Trinajstić information content (AvgIpc) is 3.16. The van der Waals surface area contributed by atoms with Gasteiger partial charge in [0.15, 0.2) is 0 Å². The van der Waals surface area contributed by atoms with Gasteiger partial charge in [-0.1, -0.05) is 44.2 Å². The van der Waals surface area contributed by atoms with Crippen molar-refractivity contribution in [1.29, 1.82) is 0 Å². The van der Waals surface area contributed by atoms with E-state index in [0.29, 0.717) is 32.4 Å². The minimum Gasteiger partial charge on any atom is -0.389 e. The third-order valence-corrected chi connectivity index (χ3v) is 5.87. The Bertz CT molecular complexity index is 964. The molecule has 1 amide bonds. The maximum absolute atomic E-state index is 12.1. The van der Waals surface area contributed by atoms with Gasteiger partial charge in [-0.25, -0.2) is 0 Å². The zero-order valence-electron chi connectivity index (χ0n) is 16.6. The Balaban J connectivity index is 1.42. The molecule has 2 heterocycles. The number of carbonyl (C=O) groups is 1. The number of rotatable bonds is 4. The van der Waals surface area contributed by atoms with Crippen LogP contribution in [0.25, 0.3) is 22.0 Å². The van der Waals surface area contributed by atoms with E-state index < -0.39 is 5.60 Å². The molecule has 0 aliphatic carbocycles. The molecule has 3 aromatic rings. The van der Waals surface area contributed by atoms with Gasteiger partial charge >= 0.3 is 0 Å². The highest BCUT2D eigenvalue weighted by atomic mass is 16.3. The molecule has 1 aromatic heterocycles. The summed E-state index contributed by atoms with van der Waals surface area (Å²) in [5, 5.41) is 12.2. The summed E-state index contributed by atoms with van der Waals surface area (Å²) in [7, 11) is 0. The van der Waals surface area contributed by atoms with Gasteiger partial charge in [0.25, 0.3) is 0 Å². The highest BCUT2D eigenvalue weighted by molar-refractivity contribution is 5.85. The topological polar surface area (TPSA) is 56.3 Å². The highest BCUT2D eigenvalue weighted by Crippen LogP contribution is 2.29. The van der Waals surface area contributed by atoms with Crippen LogP contribution in [0.4, 0.5) is 0 Å². The van der Waals surface area contributed by atoms with Crippen LogP contribution in [-0.2, 0) is 11.2 Å². The molecular formula is C24H28N2O2. The molecule has 146 valence electrons. The standard InChI is InChI=1S/C24H28N2O2/c1-17(2)23(27)26-13-10-24(28,11-14-26)16-18-3-5-19(6-4-18)20-7-8-22-21(15-20)9-12-25-22/h3-9,12,15,17,25,28H,10-11,13-14,16H2,1-2H3. The number of likely N-dealkylation sites (tertiary alicyclic amines) is 1. The van der Waals surface area contributed by atoms with E-state index in [9.17, 15) is 9.90 Å². The van der Waals surface area contributed by atoms with Crippen LogP contribution in [0.3, 0.4) is 0 Å². The fourth-order valence-corrected chi connectivity index (χ4v) is 4.11. The number of aromatic nitrogens is 1. The van der Waals surface area contributed by atoms with E-state index in [4.69, 9.17) is 0 Å². The molecule has 0 atom stereocenters. The second kappa shape index (κ2) is 7.44. The van der Waals surface area contributed by atoms with Crippen LogP contribution in [0, 0.1) is 5.92 Å². The highest BCUT2D eigenvalue weighted by Gasteiger charge is 2.34. The van der Waals surface area contributed by atoms with Crippen molar-refractivity contribution < 1.29 is 9.90 Å². The number of nitrogens with one attached hydrogen (secondary N) is 1. The van der Waals surface area contributed by atoms with Crippen molar-refractivity contribution in [2.45, 2.75) is 38.7 Å². The van der Waals surface area contributed by atoms with Crippen LogP contribution in [0.2, 0.25) is 0 Å². The Labute approximate surface area is 166 Å². The van der Waals surface area contributed by atoms with Gasteiger partial charge in [-0.3, -0.25) is 4.79 Å². The van der Waals surface area contributed by atoms with Crippen molar-refractivity contribution in [1.82, 2.24) is 9.88 Å². The van der Waals surface area contributed by atoms with Gasteiger partial charge in [-0.05, 0) is 53.1 Å². The first-order chi connectivity index (χ1) is 13.4. The first-order valence-corrected chi connectivity index (χ1v) is 10.1. The molecule has 2 N–H and O–H groups in total. The number of fused-ring (bicyclic) bond motifs is 1. The number of carbonyl (C=O) groups excluding carboxylic acids is 1. The largest absolute Gasteiger partial charge is 0.389 e. The molecule has 0 spiro atoms. The van der Waals surface area contributed by atoms with Gasteiger partial charge in [0.05, 0.1) is 5.60 Å². The van der Waals surface area contributed by atoms with Crippen molar-refractivity contribution >= 4 is 16.8 Å². The number of nitrogens with zero attached hydrogens (tertiary/aromatic N) is 1. The first kappa shape index (κ1) is 18.8. The van der Waals surface area contributed by atoms with Crippen molar-refractivity contribution in [3.63, 3.8) is 0 Å². The van der Waals surface area contributed by atoms with Gasteiger partial charge in [-0.15, -0.1) is 0 Å². The maximum Gasteiger partial charge on any atom is 0.225 e. The van der Waals surface area contributed by atoms with E-state index in [2.05, 4.69) is 53.5 Å². The minimum absolute atomic E-state index is 0.0178. The van der Waals surface area contributed by atoms with Crippen molar-refractivity contribution in [2.24, 2.45) is 5.92 Å². The number of amides is 1. The van der Waals surface area contributed by atoms with Gasteiger partial charge < -0.3 is 15.0 Å². The average molecular weight is 377 g/mol. The van der Waals surface area contributed by atoms with E-state index in [1.807, 2.05) is 24.9 Å². The van der Waals surface area contributed by atoms with Gasteiger partial charge in [0, 0.05) is 37.1 Å². The van der Waals surface area contributed by atoms with E-state index in [1.165, 1.54) is 16.5 Å². The number of hydrogen-bond acceptors (Lipinski definition) is 2. The Kier molecular flexibility index (Phi) is 4.98. The monoisotopic (exact) mass is 376 g/mol. The molecule has 4 nitrogen and oxygen atoms in total. The van der Waals surface area contributed by atoms with Gasteiger partial charge in [0.1, 0.15) is 0 Å². The summed E-state index contributed by atoms with van der Waals surface area (Å²) in [6.45, 7) is 5.14. The van der Waals surface area contributed by atoms with Gasteiger partial charge in [-0.2, -0.15) is 0 Å². The van der Waals surface area contributed by atoms with Gasteiger partial charge in [0.2, 0.25) is 5.91 Å². The third kappa shape index (κ3) is 3.83. The number of benzene rings is 2. The van der Waals surface area contributed by atoms with E-state index in [0.717, 1.165) is 11.1 Å². The summed E-state index contributed by atoms with van der Waals surface area (Å²) < 4.78 is 0. The Morgan fingerprint density at radius 3 is 2.43 bits per heavy atom. The molecule has 2 aromatic carbocycles. The van der Waals surface area contributed by atoms with Crippen LogP contribution < -0.4 is 0 Å². The molecule has 0 bridgehead atoms. The van der Waals surface area contributed by atoms with Crippen LogP contribution in [0.5, 0.6) is 0 Å². The SMILES string of the molecule is CC(C)C(=O)N1CCC(O)(Cc2ccc(-c3ccc4[nH]ccc4c3)cc2)CC1. The van der Waals surface area contributed by atoms with Crippen LogP contribution in [0.1, 0.15) is 32.3 Å². The van der Waals surface area contributed by atoms with Crippen molar-refractivity contribution in [3.8, 4) is 11.1 Å². The quantitative estimate of drug-likeness (QED) is 0.710. The Morgan fingerprint density at radius 2 is 1.75 bits per heavy atom. The minimum atomic E-state index is -0.723. The summed E-state index contributed by atoms with van der Waals surface area (Å²) >= 11 is 0. The number of hydrogen-bond donors (Lipinski definition) is 2. The molecule has 1 saturated heterocycles. The Morgan fingerprint density at radius 1 is 1.07 bits per heavy atom. The van der Waals surface area contributed by atoms with Crippen molar-refractivity contribution in [2.75, 3.05) is 13.1 Å². The van der Waals surface area contributed by atoms with E-state index in [-0.39, 0.29) is 11.8 Å². The molecule has 0 saturated carbocycles. The number of piperidine rings is 1. The van der Waals surface area contributed by atoms with Crippen LogP contribution in [0.15, 0.2) is 54.7 Å². The van der Waals surface area contributed by atoms with E-state index in [1.54, 1.807) is 0 Å². The first-order valence-electron chi connectivity index (χ1n) is 10.1. The zero-order valence-corrected chi connectivity index (χ0v) is 16.6. The maximum atomic E-state index is 12.1. The summed E-state index contributed by atoms with van der Waals surface area (Å²) in [4.78, 5) is 17.3. The Hall–Kier alpha value is -2.59. The molecule has 4 heteroatoms. The normalized spacial score (nSPS) is 16.6. The second-order valence-corrected chi connectivity index (χ2v) is 8.36. The zero-order chi connectivity index (χ0) is 19.7. The lowest BCUT2D eigenvalue weighted by molar-refractivity contribution is -0.138. The molecule has 1 fully saturated rings. The molecule has 1 aliphatic heterocycles. The fourth-order valence-electron chi connectivity index (χ4n) is 4.11. The smallest absolute Gasteiger partial charge is 0.225 e. The number of aliphatic hydroxyl groups is 1. The number of aromatic amines is 1. The lowest BCUT2D eigenvalue weighted by atomic mass is 9.84. The van der Waals surface area contributed by atoms with Crippen LogP contribution >= 0.6 is 0 Å². The molecular weight excluding hydrogens is 348 g/mol. The molecule has 1 aliphatic rings.